The van der Waals surface area contributed by atoms with Crippen molar-refractivity contribution in [3.63, 3.8) is 0 Å². The van der Waals surface area contributed by atoms with E-state index in [0.29, 0.717) is 11.9 Å². The molecule has 0 radical (unpaired) electrons. The maximum Gasteiger partial charge on any atom is 0.136 e. The van der Waals surface area contributed by atoms with E-state index in [1.165, 1.54) is 19.3 Å². The van der Waals surface area contributed by atoms with E-state index in [-0.39, 0.29) is 0 Å². The Hall–Kier alpha value is -0.830. The maximum atomic E-state index is 5.89. The number of halogens is 1. The van der Waals surface area contributed by atoms with Crippen molar-refractivity contribution >= 4 is 17.4 Å². The maximum absolute atomic E-state index is 5.89. The molecule has 0 saturated carbocycles. The summed E-state index contributed by atoms with van der Waals surface area (Å²) in [6.45, 7) is 3.32. The highest BCUT2D eigenvalue weighted by Gasteiger charge is 2.25. The molecule has 82 valence electrons. The van der Waals surface area contributed by atoms with Crippen molar-refractivity contribution in [1.82, 2.24) is 9.97 Å². The fourth-order valence-corrected chi connectivity index (χ4v) is 2.43. The third kappa shape index (κ3) is 2.07. The van der Waals surface area contributed by atoms with Crippen LogP contribution in [0.3, 0.4) is 0 Å². The summed E-state index contributed by atoms with van der Waals surface area (Å²) in [6, 6.07) is 0.627. The van der Waals surface area contributed by atoms with Crippen LogP contribution in [-0.4, -0.2) is 22.6 Å². The molecule has 15 heavy (non-hydrogen) atoms. The molecule has 1 aromatic rings. The SMILES string of the molecule is CCC1CCCN1c1ncncc1CCl. The molecule has 0 aromatic carbocycles. The first-order valence-corrected chi connectivity index (χ1v) is 6.01. The highest BCUT2D eigenvalue weighted by molar-refractivity contribution is 6.17. The number of nitrogens with zero attached hydrogens (tertiary/aromatic N) is 3. The van der Waals surface area contributed by atoms with Crippen LogP contribution in [-0.2, 0) is 5.88 Å². The zero-order valence-corrected chi connectivity index (χ0v) is 9.74. The van der Waals surface area contributed by atoms with E-state index in [9.17, 15) is 0 Å². The average Bonchev–Trinajstić information content (AvgIpc) is 2.76. The van der Waals surface area contributed by atoms with Gasteiger partial charge >= 0.3 is 0 Å². The second-order valence-corrected chi connectivity index (χ2v) is 4.17. The van der Waals surface area contributed by atoms with Crippen LogP contribution in [0.2, 0.25) is 0 Å². The second-order valence-electron chi connectivity index (χ2n) is 3.90. The Labute approximate surface area is 95.5 Å². The van der Waals surface area contributed by atoms with Crippen molar-refractivity contribution in [3.05, 3.63) is 18.1 Å². The quantitative estimate of drug-likeness (QED) is 0.741. The fraction of sp³-hybridized carbons (Fsp3) is 0.636. The van der Waals surface area contributed by atoms with Crippen molar-refractivity contribution in [2.24, 2.45) is 0 Å². The Morgan fingerprint density at radius 1 is 1.60 bits per heavy atom. The largest absolute Gasteiger partial charge is 0.353 e. The summed E-state index contributed by atoms with van der Waals surface area (Å²) >= 11 is 5.89. The van der Waals surface area contributed by atoms with E-state index in [4.69, 9.17) is 11.6 Å². The van der Waals surface area contributed by atoms with E-state index in [1.807, 2.05) is 6.20 Å². The van der Waals surface area contributed by atoms with Gasteiger partial charge in [-0.15, -0.1) is 11.6 Å². The minimum atomic E-state index is 0.489. The topological polar surface area (TPSA) is 29.0 Å². The average molecular weight is 226 g/mol. The highest BCUT2D eigenvalue weighted by Crippen LogP contribution is 2.28. The third-order valence-electron chi connectivity index (χ3n) is 3.03. The van der Waals surface area contributed by atoms with Crippen molar-refractivity contribution < 1.29 is 0 Å². The smallest absolute Gasteiger partial charge is 0.136 e. The predicted octanol–water partition coefficient (Wildman–Crippen LogP) is 2.59. The van der Waals surface area contributed by atoms with Crippen molar-refractivity contribution in [2.75, 3.05) is 11.4 Å². The van der Waals surface area contributed by atoms with E-state index in [0.717, 1.165) is 17.9 Å². The zero-order chi connectivity index (χ0) is 10.7. The number of rotatable bonds is 3. The Morgan fingerprint density at radius 2 is 2.47 bits per heavy atom. The minimum Gasteiger partial charge on any atom is -0.353 e. The van der Waals surface area contributed by atoms with Crippen LogP contribution in [0.1, 0.15) is 31.7 Å². The third-order valence-corrected chi connectivity index (χ3v) is 3.32. The van der Waals surface area contributed by atoms with Gasteiger partial charge < -0.3 is 4.90 Å². The molecule has 1 aromatic heterocycles. The lowest BCUT2D eigenvalue weighted by molar-refractivity contribution is 0.638. The van der Waals surface area contributed by atoms with E-state index >= 15 is 0 Å². The minimum absolute atomic E-state index is 0.489. The molecule has 1 unspecified atom stereocenters. The first-order chi connectivity index (χ1) is 7.36. The molecular formula is C11H16ClN3. The van der Waals surface area contributed by atoms with Gasteiger partial charge in [0.15, 0.2) is 0 Å². The summed E-state index contributed by atoms with van der Waals surface area (Å²) in [6.07, 6.45) is 7.12. The summed E-state index contributed by atoms with van der Waals surface area (Å²) in [5.41, 5.74) is 1.04. The standard InChI is InChI=1S/C11H16ClN3/c1-2-10-4-3-5-15(10)11-9(6-12)7-13-8-14-11/h7-8,10H,2-6H2,1H3. The van der Waals surface area contributed by atoms with Gasteiger partial charge in [0.2, 0.25) is 0 Å². The normalized spacial score (nSPS) is 20.9. The van der Waals surface area contributed by atoms with E-state index in [2.05, 4.69) is 21.8 Å². The molecule has 0 bridgehead atoms. The van der Waals surface area contributed by atoms with Gasteiger partial charge in [-0.05, 0) is 19.3 Å². The molecule has 3 nitrogen and oxygen atoms in total. The number of hydrogen-bond acceptors (Lipinski definition) is 3. The molecule has 1 saturated heterocycles. The van der Waals surface area contributed by atoms with Crippen LogP contribution >= 0.6 is 11.6 Å². The summed E-state index contributed by atoms with van der Waals surface area (Å²) in [5, 5.41) is 0. The molecule has 1 fully saturated rings. The molecular weight excluding hydrogens is 210 g/mol. The lowest BCUT2D eigenvalue weighted by Gasteiger charge is -2.26. The van der Waals surface area contributed by atoms with Gasteiger partial charge in [0.1, 0.15) is 12.1 Å². The first kappa shape index (κ1) is 10.7. The van der Waals surface area contributed by atoms with Crippen LogP contribution in [0.25, 0.3) is 0 Å². The van der Waals surface area contributed by atoms with E-state index in [1.54, 1.807) is 6.33 Å². The molecule has 0 amide bonds. The highest BCUT2D eigenvalue weighted by atomic mass is 35.5. The van der Waals surface area contributed by atoms with Crippen LogP contribution < -0.4 is 4.90 Å². The van der Waals surface area contributed by atoms with Gasteiger partial charge in [-0.3, -0.25) is 0 Å². The second kappa shape index (κ2) is 4.79. The molecule has 0 aliphatic carbocycles. The number of aromatic nitrogens is 2. The Bertz CT molecular complexity index is 329. The van der Waals surface area contributed by atoms with Gasteiger partial charge in [-0.2, -0.15) is 0 Å². The van der Waals surface area contributed by atoms with Gasteiger partial charge in [0, 0.05) is 24.3 Å². The van der Waals surface area contributed by atoms with Crippen molar-refractivity contribution in [1.29, 1.82) is 0 Å². The molecule has 0 N–H and O–H groups in total. The molecule has 1 aliphatic heterocycles. The summed E-state index contributed by atoms with van der Waals surface area (Å²) in [4.78, 5) is 10.8. The van der Waals surface area contributed by atoms with Crippen LogP contribution in [0.4, 0.5) is 5.82 Å². The van der Waals surface area contributed by atoms with Gasteiger partial charge in [-0.25, -0.2) is 9.97 Å². The fourth-order valence-electron chi connectivity index (χ4n) is 2.24. The monoisotopic (exact) mass is 225 g/mol. The van der Waals surface area contributed by atoms with Gasteiger partial charge in [0.05, 0.1) is 5.88 Å². The van der Waals surface area contributed by atoms with E-state index < -0.39 is 0 Å². The zero-order valence-electron chi connectivity index (χ0n) is 8.99. The Balaban J connectivity index is 2.27. The van der Waals surface area contributed by atoms with Crippen LogP contribution in [0.5, 0.6) is 0 Å². The lowest BCUT2D eigenvalue weighted by atomic mass is 10.1. The summed E-state index contributed by atoms with van der Waals surface area (Å²) < 4.78 is 0. The number of alkyl halides is 1. The van der Waals surface area contributed by atoms with Crippen molar-refractivity contribution in [2.45, 2.75) is 38.1 Å². The van der Waals surface area contributed by atoms with Crippen LogP contribution in [0, 0.1) is 0 Å². The molecule has 1 aliphatic rings. The first-order valence-electron chi connectivity index (χ1n) is 5.48. The molecule has 4 heteroatoms. The summed E-state index contributed by atoms with van der Waals surface area (Å²) in [5.74, 6) is 1.52. The van der Waals surface area contributed by atoms with Crippen molar-refractivity contribution in [3.8, 4) is 0 Å². The molecule has 2 heterocycles. The molecule has 2 rings (SSSR count). The predicted molar refractivity (Wildman–Crippen MR) is 62.2 cm³/mol. The lowest BCUT2D eigenvalue weighted by Crippen LogP contribution is -2.30. The van der Waals surface area contributed by atoms with Gasteiger partial charge in [0.25, 0.3) is 0 Å². The molecule has 0 spiro atoms. The Morgan fingerprint density at radius 3 is 3.20 bits per heavy atom. The van der Waals surface area contributed by atoms with Crippen LogP contribution in [0.15, 0.2) is 12.5 Å². The Kier molecular flexibility index (Phi) is 3.41. The molecule has 1 atom stereocenters. The number of hydrogen-bond donors (Lipinski definition) is 0. The number of anilines is 1. The summed E-state index contributed by atoms with van der Waals surface area (Å²) in [7, 11) is 0. The van der Waals surface area contributed by atoms with Gasteiger partial charge in [-0.1, -0.05) is 6.92 Å².